The molecule has 5 heteroatoms. The molecule has 118 valence electrons. The highest BCUT2D eigenvalue weighted by atomic mass is 79.9. The van der Waals surface area contributed by atoms with Crippen LogP contribution in [0.2, 0.25) is 0 Å². The van der Waals surface area contributed by atoms with E-state index in [-0.39, 0.29) is 22.8 Å². The van der Waals surface area contributed by atoms with Gasteiger partial charge in [-0.2, -0.15) is 0 Å². The van der Waals surface area contributed by atoms with Gasteiger partial charge in [0.05, 0.1) is 24.5 Å². The lowest BCUT2D eigenvalue weighted by Gasteiger charge is -2.18. The van der Waals surface area contributed by atoms with Crippen LogP contribution in [0.5, 0.6) is 0 Å². The minimum Gasteiger partial charge on any atom is -0.308 e. The third kappa shape index (κ3) is 2.65. The maximum absolute atomic E-state index is 12.6. The smallest absolute Gasteiger partial charge is 0.206 e. The molecule has 2 aromatic rings. The Bertz CT molecular complexity index is 770. The fourth-order valence-electron chi connectivity index (χ4n) is 3.05. The number of hydrogen-bond donors (Lipinski definition) is 0. The molecule has 0 unspecified atom stereocenters. The first-order valence-corrected chi connectivity index (χ1v) is 7.52. The van der Waals surface area contributed by atoms with Gasteiger partial charge in [0.2, 0.25) is 5.96 Å². The summed E-state index contributed by atoms with van der Waals surface area (Å²) in [6.07, 6.45) is 0. The Morgan fingerprint density at radius 2 is 1.78 bits per heavy atom. The van der Waals surface area contributed by atoms with E-state index < -0.39 is 0 Å². The molecule has 2 aliphatic rings. The zero-order valence-corrected chi connectivity index (χ0v) is 14.6. The van der Waals surface area contributed by atoms with E-state index in [4.69, 9.17) is 0 Å². The zero-order chi connectivity index (χ0) is 15.1. The van der Waals surface area contributed by atoms with Gasteiger partial charge < -0.3 is 9.80 Å². The third-order valence-corrected chi connectivity index (χ3v) is 4.20. The molecule has 0 radical (unpaired) electrons. The second kappa shape index (κ2) is 6.16. The first-order chi connectivity index (χ1) is 10.7. The summed E-state index contributed by atoms with van der Waals surface area (Å²) in [7, 11) is 0. The molecule has 4 rings (SSSR count). The van der Waals surface area contributed by atoms with Crippen molar-refractivity contribution in [1.29, 1.82) is 0 Å². The lowest BCUT2D eigenvalue weighted by Crippen LogP contribution is -2.38. The second-order valence-corrected chi connectivity index (χ2v) is 5.70. The summed E-state index contributed by atoms with van der Waals surface area (Å²) in [5.41, 5.74) is 4.13. The molecule has 0 atom stereocenters. The van der Waals surface area contributed by atoms with E-state index in [1.54, 1.807) is 0 Å². The number of anilines is 2. The highest BCUT2D eigenvalue weighted by molar-refractivity contribution is 8.93. The molecule has 23 heavy (non-hydrogen) atoms. The van der Waals surface area contributed by atoms with Crippen molar-refractivity contribution in [2.24, 2.45) is 4.99 Å². The van der Waals surface area contributed by atoms with Gasteiger partial charge in [-0.05, 0) is 19.1 Å². The number of hydrogen-bond acceptors (Lipinski definition) is 4. The van der Waals surface area contributed by atoms with E-state index in [1.165, 1.54) is 0 Å². The quantitative estimate of drug-likeness (QED) is 0.775. The van der Waals surface area contributed by atoms with Crippen LogP contribution in [0.4, 0.5) is 11.4 Å². The fraction of sp³-hybridized carbons (Fsp3) is 0.222. The standard InChI is InChI=1S/C18H17N3O.BrH/c1-13-6-8-14(9-7-13)17(22)12-21-16-5-3-2-4-15(16)20-11-10-19-18(20)21;/h2-9H,10-12H2,1H3;1H. The van der Waals surface area contributed by atoms with Gasteiger partial charge in [-0.25, -0.2) is 0 Å². The van der Waals surface area contributed by atoms with Crippen LogP contribution in [0.1, 0.15) is 15.9 Å². The minimum absolute atomic E-state index is 0. The van der Waals surface area contributed by atoms with Crippen LogP contribution >= 0.6 is 17.0 Å². The number of aryl methyl sites for hydroxylation is 1. The fourth-order valence-corrected chi connectivity index (χ4v) is 3.05. The molecule has 0 amide bonds. The highest BCUT2D eigenvalue weighted by Crippen LogP contribution is 2.38. The first kappa shape index (κ1) is 15.7. The van der Waals surface area contributed by atoms with Gasteiger partial charge in [0, 0.05) is 12.1 Å². The van der Waals surface area contributed by atoms with Crippen molar-refractivity contribution in [1.82, 2.24) is 0 Å². The van der Waals surface area contributed by atoms with E-state index >= 15 is 0 Å². The van der Waals surface area contributed by atoms with Crippen molar-refractivity contribution in [2.75, 3.05) is 29.4 Å². The van der Waals surface area contributed by atoms with Crippen molar-refractivity contribution in [3.63, 3.8) is 0 Å². The number of halogens is 1. The molecule has 0 saturated heterocycles. The van der Waals surface area contributed by atoms with E-state index in [0.717, 1.165) is 41.6 Å². The maximum Gasteiger partial charge on any atom is 0.206 e. The number of benzene rings is 2. The van der Waals surface area contributed by atoms with Gasteiger partial charge in [-0.3, -0.25) is 9.79 Å². The van der Waals surface area contributed by atoms with E-state index in [2.05, 4.69) is 22.0 Å². The van der Waals surface area contributed by atoms with E-state index in [0.29, 0.717) is 6.54 Å². The summed E-state index contributed by atoms with van der Waals surface area (Å²) in [5.74, 6) is 1.02. The molecule has 0 N–H and O–H groups in total. The van der Waals surface area contributed by atoms with E-state index in [9.17, 15) is 4.79 Å². The van der Waals surface area contributed by atoms with Crippen LogP contribution in [0.3, 0.4) is 0 Å². The Morgan fingerprint density at radius 1 is 1.09 bits per heavy atom. The Morgan fingerprint density at radius 3 is 2.52 bits per heavy atom. The van der Waals surface area contributed by atoms with Crippen molar-refractivity contribution in [2.45, 2.75) is 6.92 Å². The average molecular weight is 372 g/mol. The number of nitrogens with zero attached hydrogens (tertiary/aromatic N) is 3. The van der Waals surface area contributed by atoms with Crippen molar-refractivity contribution >= 4 is 40.1 Å². The van der Waals surface area contributed by atoms with E-state index in [1.807, 2.05) is 48.2 Å². The molecular weight excluding hydrogens is 354 g/mol. The maximum atomic E-state index is 12.6. The Kier molecular flexibility index (Phi) is 4.22. The average Bonchev–Trinajstić information content (AvgIpc) is 3.11. The molecule has 0 fully saturated rings. The summed E-state index contributed by atoms with van der Waals surface area (Å²) in [5, 5.41) is 0. The Hall–Kier alpha value is -2.14. The van der Waals surface area contributed by atoms with Gasteiger partial charge in [0.25, 0.3) is 0 Å². The van der Waals surface area contributed by atoms with Crippen molar-refractivity contribution < 1.29 is 4.79 Å². The predicted octanol–water partition coefficient (Wildman–Crippen LogP) is 3.45. The number of fused-ring (bicyclic) bond motifs is 3. The summed E-state index contributed by atoms with van der Waals surface area (Å²) in [6.45, 7) is 4.03. The number of carbonyl (C=O) groups is 1. The number of ketones is 1. The number of Topliss-reactive ketones (excluding diaryl/α,β-unsaturated/α-hetero) is 1. The van der Waals surface area contributed by atoms with Gasteiger partial charge >= 0.3 is 0 Å². The summed E-state index contributed by atoms with van der Waals surface area (Å²) in [6, 6.07) is 15.9. The second-order valence-electron chi connectivity index (χ2n) is 5.70. The number of para-hydroxylation sites is 2. The molecule has 2 aromatic carbocycles. The van der Waals surface area contributed by atoms with Crippen LogP contribution < -0.4 is 9.80 Å². The topological polar surface area (TPSA) is 35.9 Å². The van der Waals surface area contributed by atoms with Crippen LogP contribution in [-0.4, -0.2) is 31.4 Å². The first-order valence-electron chi connectivity index (χ1n) is 7.52. The third-order valence-electron chi connectivity index (χ3n) is 4.20. The molecule has 0 bridgehead atoms. The van der Waals surface area contributed by atoms with Crippen molar-refractivity contribution in [3.8, 4) is 0 Å². The highest BCUT2D eigenvalue weighted by Gasteiger charge is 2.35. The van der Waals surface area contributed by atoms with Gasteiger partial charge in [-0.15, -0.1) is 17.0 Å². The van der Waals surface area contributed by atoms with Gasteiger partial charge in [-0.1, -0.05) is 42.0 Å². The number of aliphatic imine (C=N–C) groups is 1. The Labute approximate surface area is 146 Å². The zero-order valence-electron chi connectivity index (χ0n) is 12.9. The number of carbonyl (C=O) groups excluding carboxylic acids is 1. The Balaban J connectivity index is 0.00000156. The molecule has 4 nitrogen and oxygen atoms in total. The summed E-state index contributed by atoms with van der Waals surface area (Å²) >= 11 is 0. The largest absolute Gasteiger partial charge is 0.308 e. The van der Waals surface area contributed by atoms with Crippen molar-refractivity contribution in [3.05, 3.63) is 59.7 Å². The summed E-state index contributed by atoms with van der Waals surface area (Å²) in [4.78, 5) is 21.4. The lowest BCUT2D eigenvalue weighted by molar-refractivity contribution is 0.100. The number of rotatable bonds is 3. The summed E-state index contributed by atoms with van der Waals surface area (Å²) < 4.78 is 0. The SMILES string of the molecule is Br.Cc1ccc(C(=O)CN2C3=NCCN3c3ccccc32)cc1. The van der Waals surface area contributed by atoms with Crippen LogP contribution in [0, 0.1) is 6.92 Å². The minimum atomic E-state index is 0. The predicted molar refractivity (Wildman–Crippen MR) is 99.3 cm³/mol. The van der Waals surface area contributed by atoms with Gasteiger partial charge in [0.1, 0.15) is 0 Å². The van der Waals surface area contributed by atoms with Gasteiger partial charge in [0.15, 0.2) is 5.78 Å². The van der Waals surface area contributed by atoms with Crippen LogP contribution in [-0.2, 0) is 0 Å². The molecule has 2 aliphatic heterocycles. The van der Waals surface area contributed by atoms with Crippen LogP contribution in [0.15, 0.2) is 53.5 Å². The molecule has 0 aromatic heterocycles. The monoisotopic (exact) mass is 371 g/mol. The molecule has 0 aliphatic carbocycles. The molecular formula is C18H18BrN3O. The molecule has 2 heterocycles. The normalized spacial score (nSPS) is 14.9. The van der Waals surface area contributed by atoms with Crippen LogP contribution in [0.25, 0.3) is 0 Å². The molecule has 0 spiro atoms. The number of guanidine groups is 1. The lowest BCUT2D eigenvalue weighted by atomic mass is 10.1. The molecule has 0 saturated carbocycles.